The number of hydrogen-bond acceptors (Lipinski definition) is 4. The molecule has 2 rings (SSSR count). The summed E-state index contributed by atoms with van der Waals surface area (Å²) >= 11 is 3.38. The van der Waals surface area contributed by atoms with Gasteiger partial charge in [-0.25, -0.2) is 4.98 Å². The first-order valence-corrected chi connectivity index (χ1v) is 6.31. The molecule has 0 saturated heterocycles. The average molecular weight is 325 g/mol. The van der Waals surface area contributed by atoms with Gasteiger partial charge in [0.1, 0.15) is 21.7 Å². The van der Waals surface area contributed by atoms with Crippen molar-refractivity contribution >= 4 is 21.7 Å². The first-order chi connectivity index (χ1) is 9.10. The molecule has 0 amide bonds. The SMILES string of the molecule is COc1ccc(C(=O)c2cncn2C)c(OC)c1Br. The summed E-state index contributed by atoms with van der Waals surface area (Å²) in [4.78, 5) is 16.4. The largest absolute Gasteiger partial charge is 0.495 e. The minimum absolute atomic E-state index is 0.153. The molecule has 0 fully saturated rings. The summed E-state index contributed by atoms with van der Waals surface area (Å²) in [6, 6.07) is 3.40. The third-order valence-corrected chi connectivity index (χ3v) is 3.53. The second kappa shape index (κ2) is 5.44. The van der Waals surface area contributed by atoms with Crippen molar-refractivity contribution in [1.29, 1.82) is 0 Å². The summed E-state index contributed by atoms with van der Waals surface area (Å²) in [6.45, 7) is 0. The molecule has 5 nitrogen and oxygen atoms in total. The Morgan fingerprint density at radius 3 is 2.58 bits per heavy atom. The quantitative estimate of drug-likeness (QED) is 0.810. The number of ketones is 1. The molecule has 0 aliphatic carbocycles. The molecule has 0 radical (unpaired) electrons. The Morgan fingerprint density at radius 1 is 1.32 bits per heavy atom. The fourth-order valence-electron chi connectivity index (χ4n) is 1.79. The molecule has 1 aromatic carbocycles. The maximum atomic E-state index is 12.5. The number of methoxy groups -OCH3 is 2. The lowest BCUT2D eigenvalue weighted by atomic mass is 10.1. The lowest BCUT2D eigenvalue weighted by Gasteiger charge is -2.12. The van der Waals surface area contributed by atoms with Gasteiger partial charge in [-0.05, 0) is 28.1 Å². The molecule has 0 bridgehead atoms. The zero-order chi connectivity index (χ0) is 14.0. The van der Waals surface area contributed by atoms with Crippen LogP contribution >= 0.6 is 15.9 Å². The Labute approximate surface area is 119 Å². The first kappa shape index (κ1) is 13.6. The van der Waals surface area contributed by atoms with E-state index in [2.05, 4.69) is 20.9 Å². The van der Waals surface area contributed by atoms with Crippen LogP contribution in [0.4, 0.5) is 0 Å². The van der Waals surface area contributed by atoms with Gasteiger partial charge in [-0.1, -0.05) is 0 Å². The predicted octanol–water partition coefficient (Wildman–Crippen LogP) is 2.43. The molecule has 100 valence electrons. The van der Waals surface area contributed by atoms with E-state index in [1.807, 2.05) is 0 Å². The number of imidazole rings is 1. The molecule has 2 aromatic rings. The van der Waals surface area contributed by atoms with Crippen LogP contribution in [-0.2, 0) is 7.05 Å². The number of carbonyl (C=O) groups excluding carboxylic acids is 1. The Hall–Kier alpha value is -1.82. The van der Waals surface area contributed by atoms with E-state index in [1.54, 1.807) is 37.2 Å². The molecular formula is C13H13BrN2O3. The highest BCUT2D eigenvalue weighted by atomic mass is 79.9. The number of nitrogens with zero attached hydrogens (tertiary/aromatic N) is 2. The molecule has 1 heterocycles. The maximum absolute atomic E-state index is 12.5. The molecule has 1 aromatic heterocycles. The van der Waals surface area contributed by atoms with E-state index in [-0.39, 0.29) is 5.78 Å². The van der Waals surface area contributed by atoms with Gasteiger partial charge >= 0.3 is 0 Å². The molecular weight excluding hydrogens is 312 g/mol. The van der Waals surface area contributed by atoms with Crippen LogP contribution in [0.5, 0.6) is 11.5 Å². The van der Waals surface area contributed by atoms with Gasteiger partial charge in [-0.2, -0.15) is 0 Å². The van der Waals surface area contributed by atoms with Crippen LogP contribution in [0.2, 0.25) is 0 Å². The van der Waals surface area contributed by atoms with Crippen LogP contribution in [-0.4, -0.2) is 29.6 Å². The van der Waals surface area contributed by atoms with E-state index in [4.69, 9.17) is 9.47 Å². The smallest absolute Gasteiger partial charge is 0.214 e. The topological polar surface area (TPSA) is 53.3 Å². The Morgan fingerprint density at radius 2 is 2.05 bits per heavy atom. The van der Waals surface area contributed by atoms with Gasteiger partial charge in [0, 0.05) is 7.05 Å². The summed E-state index contributed by atoms with van der Waals surface area (Å²) in [5, 5.41) is 0. The van der Waals surface area contributed by atoms with Crippen LogP contribution in [0, 0.1) is 0 Å². The number of aromatic nitrogens is 2. The molecule has 6 heteroatoms. The summed E-state index contributed by atoms with van der Waals surface area (Å²) in [5.41, 5.74) is 0.953. The fraction of sp³-hybridized carbons (Fsp3) is 0.231. The van der Waals surface area contributed by atoms with Crippen LogP contribution < -0.4 is 9.47 Å². The van der Waals surface area contributed by atoms with Crippen LogP contribution in [0.25, 0.3) is 0 Å². The highest BCUT2D eigenvalue weighted by Crippen LogP contribution is 2.37. The second-order valence-corrected chi connectivity index (χ2v) is 4.67. The first-order valence-electron chi connectivity index (χ1n) is 5.51. The van der Waals surface area contributed by atoms with Crippen molar-refractivity contribution < 1.29 is 14.3 Å². The summed E-state index contributed by atoms with van der Waals surface area (Å²) < 4.78 is 12.8. The summed E-state index contributed by atoms with van der Waals surface area (Å²) in [5.74, 6) is 0.907. The van der Waals surface area contributed by atoms with E-state index < -0.39 is 0 Å². The van der Waals surface area contributed by atoms with Crippen LogP contribution in [0.3, 0.4) is 0 Å². The highest BCUT2D eigenvalue weighted by molar-refractivity contribution is 9.10. The van der Waals surface area contributed by atoms with E-state index in [0.717, 1.165) is 0 Å². The number of benzene rings is 1. The zero-order valence-corrected chi connectivity index (χ0v) is 12.4. The number of rotatable bonds is 4. The zero-order valence-electron chi connectivity index (χ0n) is 10.8. The minimum Gasteiger partial charge on any atom is -0.495 e. The van der Waals surface area contributed by atoms with Crippen molar-refractivity contribution in [1.82, 2.24) is 9.55 Å². The van der Waals surface area contributed by atoms with E-state index >= 15 is 0 Å². The van der Waals surface area contributed by atoms with Crippen molar-refractivity contribution in [3.63, 3.8) is 0 Å². The van der Waals surface area contributed by atoms with Crippen molar-refractivity contribution in [3.8, 4) is 11.5 Å². The molecule has 0 atom stereocenters. The lowest BCUT2D eigenvalue weighted by Crippen LogP contribution is -2.09. The standard InChI is InChI=1S/C13H13BrN2O3/c1-16-7-15-6-9(16)12(17)8-4-5-10(18-2)11(14)13(8)19-3/h4-7H,1-3H3. The van der Waals surface area contributed by atoms with Crippen molar-refractivity contribution in [2.45, 2.75) is 0 Å². The van der Waals surface area contributed by atoms with Gasteiger partial charge in [0.15, 0.2) is 0 Å². The second-order valence-electron chi connectivity index (χ2n) is 3.88. The molecule has 0 unspecified atom stereocenters. The van der Waals surface area contributed by atoms with Gasteiger partial charge in [-0.3, -0.25) is 4.79 Å². The van der Waals surface area contributed by atoms with E-state index in [9.17, 15) is 4.79 Å². The Balaban J connectivity index is 2.54. The van der Waals surface area contributed by atoms with Crippen molar-refractivity contribution in [3.05, 3.63) is 40.4 Å². The number of halogens is 1. The molecule has 0 aliphatic heterocycles. The summed E-state index contributed by atoms with van der Waals surface area (Å²) in [6.07, 6.45) is 3.11. The molecule has 0 spiro atoms. The van der Waals surface area contributed by atoms with Crippen molar-refractivity contribution in [2.24, 2.45) is 7.05 Å². The number of aryl methyl sites for hydroxylation is 1. The third kappa shape index (κ3) is 2.35. The monoisotopic (exact) mass is 324 g/mol. The normalized spacial score (nSPS) is 10.3. The Bertz CT molecular complexity index is 622. The average Bonchev–Trinajstić information content (AvgIpc) is 2.83. The summed E-state index contributed by atoms with van der Waals surface area (Å²) in [7, 11) is 4.84. The predicted molar refractivity (Wildman–Crippen MR) is 73.9 cm³/mol. The number of ether oxygens (including phenoxy) is 2. The van der Waals surface area contributed by atoms with E-state index in [0.29, 0.717) is 27.2 Å². The van der Waals surface area contributed by atoms with Gasteiger partial charge in [0.25, 0.3) is 0 Å². The number of carbonyl (C=O) groups is 1. The van der Waals surface area contributed by atoms with Crippen LogP contribution in [0.15, 0.2) is 29.1 Å². The van der Waals surface area contributed by atoms with Crippen molar-refractivity contribution in [2.75, 3.05) is 14.2 Å². The third-order valence-electron chi connectivity index (χ3n) is 2.78. The molecule has 0 N–H and O–H groups in total. The number of hydrogen-bond donors (Lipinski definition) is 0. The van der Waals surface area contributed by atoms with Gasteiger partial charge in [0.05, 0.1) is 32.3 Å². The maximum Gasteiger partial charge on any atom is 0.214 e. The van der Waals surface area contributed by atoms with Crippen LogP contribution in [0.1, 0.15) is 16.1 Å². The minimum atomic E-state index is -0.153. The molecule has 0 saturated carbocycles. The molecule has 19 heavy (non-hydrogen) atoms. The van der Waals surface area contributed by atoms with Gasteiger partial charge in [0.2, 0.25) is 5.78 Å². The van der Waals surface area contributed by atoms with Gasteiger partial charge in [-0.15, -0.1) is 0 Å². The molecule has 0 aliphatic rings. The van der Waals surface area contributed by atoms with Gasteiger partial charge < -0.3 is 14.0 Å². The lowest BCUT2D eigenvalue weighted by molar-refractivity contribution is 0.102. The fourth-order valence-corrected chi connectivity index (χ4v) is 2.46. The highest BCUT2D eigenvalue weighted by Gasteiger charge is 2.21. The Kier molecular flexibility index (Phi) is 3.90. The van der Waals surface area contributed by atoms with E-state index in [1.165, 1.54) is 13.3 Å².